The fourth-order valence-corrected chi connectivity index (χ4v) is 4.28. The molecule has 7 nitrogen and oxygen atoms in total. The van der Waals surface area contributed by atoms with Crippen molar-refractivity contribution in [2.24, 2.45) is 0 Å². The number of likely N-dealkylation sites (N-methyl/N-ethyl adjacent to an activating group) is 1. The molecule has 0 radical (unpaired) electrons. The lowest BCUT2D eigenvalue weighted by Gasteiger charge is -2.22. The summed E-state index contributed by atoms with van der Waals surface area (Å²) in [4.78, 5) is 22.1. The molecule has 0 fully saturated rings. The van der Waals surface area contributed by atoms with Crippen LogP contribution in [0.15, 0.2) is 36.4 Å². The minimum atomic E-state index is -0.121. The summed E-state index contributed by atoms with van der Waals surface area (Å²) >= 11 is 1.42. The maximum absolute atomic E-state index is 13.6. The summed E-state index contributed by atoms with van der Waals surface area (Å²) < 4.78 is 17.7. The fraction of sp³-hybridized carbons (Fsp3) is 0.417. The van der Waals surface area contributed by atoms with Crippen LogP contribution in [0.1, 0.15) is 30.1 Å². The summed E-state index contributed by atoms with van der Waals surface area (Å²) in [5, 5.41) is 0.604. The third-order valence-electron chi connectivity index (χ3n) is 4.99. The second-order valence-electron chi connectivity index (χ2n) is 7.63. The zero-order valence-corrected chi connectivity index (χ0v) is 20.2. The van der Waals surface area contributed by atoms with Gasteiger partial charge in [0.15, 0.2) is 5.13 Å². The third-order valence-corrected chi connectivity index (χ3v) is 6.09. The van der Waals surface area contributed by atoms with E-state index in [1.807, 2.05) is 49.3 Å². The van der Waals surface area contributed by atoms with Crippen LogP contribution in [-0.2, 0) is 0 Å². The highest BCUT2D eigenvalue weighted by molar-refractivity contribution is 7.22. The number of methoxy groups -OCH3 is 2. The van der Waals surface area contributed by atoms with Gasteiger partial charge in [-0.2, -0.15) is 0 Å². The lowest BCUT2D eigenvalue weighted by molar-refractivity contribution is 0.0984. The maximum Gasteiger partial charge on any atom is 0.260 e. The van der Waals surface area contributed by atoms with Gasteiger partial charge >= 0.3 is 0 Å². The third kappa shape index (κ3) is 5.49. The Bertz CT molecular complexity index is 1010. The Hall–Kier alpha value is -2.84. The summed E-state index contributed by atoms with van der Waals surface area (Å²) in [6.45, 7) is 3.95. The number of carbonyl (C=O) groups is 1. The van der Waals surface area contributed by atoms with Gasteiger partial charge in [0.1, 0.15) is 27.5 Å². The number of benzene rings is 2. The number of fused-ring (bicyclic) bond motifs is 1. The number of hydrogen-bond acceptors (Lipinski definition) is 7. The van der Waals surface area contributed by atoms with E-state index in [4.69, 9.17) is 19.2 Å². The predicted molar refractivity (Wildman–Crippen MR) is 130 cm³/mol. The van der Waals surface area contributed by atoms with Gasteiger partial charge in [0.2, 0.25) is 0 Å². The van der Waals surface area contributed by atoms with Gasteiger partial charge in [-0.1, -0.05) is 30.7 Å². The molecule has 1 amide bonds. The Labute approximate surface area is 193 Å². The van der Waals surface area contributed by atoms with Crippen molar-refractivity contribution in [2.45, 2.75) is 19.8 Å². The molecule has 0 atom stereocenters. The highest BCUT2D eigenvalue weighted by atomic mass is 32.1. The Kier molecular flexibility index (Phi) is 8.30. The van der Waals surface area contributed by atoms with Crippen LogP contribution < -0.4 is 19.1 Å². The summed E-state index contributed by atoms with van der Waals surface area (Å²) in [6, 6.07) is 11.0. The lowest BCUT2D eigenvalue weighted by atomic mass is 10.2. The van der Waals surface area contributed by atoms with E-state index >= 15 is 0 Å². The van der Waals surface area contributed by atoms with Crippen molar-refractivity contribution in [1.29, 1.82) is 0 Å². The van der Waals surface area contributed by atoms with Crippen molar-refractivity contribution in [3.8, 4) is 17.2 Å². The molecule has 3 rings (SSSR count). The molecule has 0 saturated heterocycles. The van der Waals surface area contributed by atoms with Gasteiger partial charge in [0.25, 0.3) is 5.91 Å². The average Bonchev–Trinajstić information content (AvgIpc) is 3.23. The minimum Gasteiger partial charge on any atom is -0.495 e. The van der Waals surface area contributed by atoms with Crippen molar-refractivity contribution < 1.29 is 19.0 Å². The first-order valence-corrected chi connectivity index (χ1v) is 11.5. The van der Waals surface area contributed by atoms with Gasteiger partial charge in [-0.15, -0.1) is 0 Å². The van der Waals surface area contributed by atoms with Crippen molar-refractivity contribution in [3.63, 3.8) is 0 Å². The number of thiazole rings is 1. The highest BCUT2D eigenvalue weighted by Gasteiger charge is 2.24. The molecule has 0 aliphatic carbocycles. The molecule has 2 aromatic carbocycles. The SMILES string of the molecule is CCCCOc1cccc(C(=O)N(CCN(C)C)c2nc3c(OC)ccc(OC)c3s2)c1. The summed E-state index contributed by atoms with van der Waals surface area (Å²) in [6.07, 6.45) is 2.03. The van der Waals surface area contributed by atoms with Gasteiger partial charge in [0, 0.05) is 18.7 Å². The van der Waals surface area contributed by atoms with E-state index in [-0.39, 0.29) is 5.91 Å². The van der Waals surface area contributed by atoms with Crippen LogP contribution in [0.2, 0.25) is 0 Å². The molecular weight excluding hydrogens is 426 g/mol. The van der Waals surface area contributed by atoms with E-state index in [1.54, 1.807) is 25.2 Å². The Morgan fingerprint density at radius 1 is 1.06 bits per heavy atom. The number of aromatic nitrogens is 1. The molecule has 0 bridgehead atoms. The zero-order valence-electron chi connectivity index (χ0n) is 19.4. The molecule has 32 heavy (non-hydrogen) atoms. The normalized spacial score (nSPS) is 11.1. The molecule has 1 heterocycles. The first kappa shape index (κ1) is 23.8. The van der Waals surface area contributed by atoms with Crippen LogP contribution in [-0.4, -0.2) is 63.8 Å². The second-order valence-corrected chi connectivity index (χ2v) is 8.61. The molecule has 3 aromatic rings. The van der Waals surface area contributed by atoms with Crippen molar-refractivity contribution in [3.05, 3.63) is 42.0 Å². The first-order chi connectivity index (χ1) is 15.5. The van der Waals surface area contributed by atoms with Crippen LogP contribution in [0, 0.1) is 0 Å². The van der Waals surface area contributed by atoms with Gasteiger partial charge in [-0.05, 0) is 50.8 Å². The number of anilines is 1. The number of carbonyl (C=O) groups excluding carboxylic acids is 1. The van der Waals surface area contributed by atoms with E-state index in [1.165, 1.54) is 11.3 Å². The minimum absolute atomic E-state index is 0.121. The number of amides is 1. The quantitative estimate of drug-likeness (QED) is 0.389. The molecule has 0 aliphatic heterocycles. The summed E-state index contributed by atoms with van der Waals surface area (Å²) in [5.41, 5.74) is 1.25. The predicted octanol–water partition coefficient (Wildman–Crippen LogP) is 4.70. The molecule has 0 saturated carbocycles. The molecule has 0 aliphatic rings. The van der Waals surface area contributed by atoms with Gasteiger partial charge < -0.3 is 19.1 Å². The van der Waals surface area contributed by atoms with Gasteiger partial charge in [0.05, 0.1) is 20.8 Å². The molecular formula is C24H31N3O4S. The van der Waals surface area contributed by atoms with Crippen LogP contribution in [0.5, 0.6) is 17.2 Å². The standard InChI is InChI=1S/C24H31N3O4S/c1-6-7-15-31-18-10-8-9-17(16-18)23(28)27(14-13-26(2)3)24-25-21-19(29-4)11-12-20(30-5)22(21)32-24/h8-12,16H,6-7,13-15H2,1-5H3. The van der Waals surface area contributed by atoms with E-state index < -0.39 is 0 Å². The topological polar surface area (TPSA) is 64.1 Å². The molecule has 0 spiro atoms. The first-order valence-electron chi connectivity index (χ1n) is 10.7. The van der Waals surface area contributed by atoms with E-state index in [9.17, 15) is 4.79 Å². The number of ether oxygens (including phenoxy) is 3. The Morgan fingerprint density at radius 2 is 1.81 bits per heavy atom. The Balaban J connectivity index is 1.98. The van der Waals surface area contributed by atoms with Crippen LogP contribution in [0.3, 0.4) is 0 Å². The monoisotopic (exact) mass is 457 g/mol. The van der Waals surface area contributed by atoms with E-state index in [2.05, 4.69) is 6.92 Å². The molecule has 8 heteroatoms. The molecule has 0 N–H and O–H groups in total. The maximum atomic E-state index is 13.6. The summed E-state index contributed by atoms with van der Waals surface area (Å²) in [7, 11) is 7.20. The average molecular weight is 458 g/mol. The molecule has 172 valence electrons. The zero-order chi connectivity index (χ0) is 23.1. The number of rotatable bonds is 11. The van der Waals surface area contributed by atoms with Crippen LogP contribution in [0.25, 0.3) is 10.2 Å². The fourth-order valence-electron chi connectivity index (χ4n) is 3.18. The number of unbranched alkanes of at least 4 members (excludes halogenated alkanes) is 1. The smallest absolute Gasteiger partial charge is 0.260 e. The molecule has 1 aromatic heterocycles. The number of hydrogen-bond donors (Lipinski definition) is 0. The molecule has 0 unspecified atom stereocenters. The number of nitrogens with zero attached hydrogens (tertiary/aromatic N) is 3. The Morgan fingerprint density at radius 3 is 2.50 bits per heavy atom. The largest absolute Gasteiger partial charge is 0.495 e. The second kappa shape index (κ2) is 11.2. The van der Waals surface area contributed by atoms with Crippen molar-refractivity contribution in [2.75, 3.05) is 52.9 Å². The van der Waals surface area contributed by atoms with Gasteiger partial charge in [-0.25, -0.2) is 4.98 Å². The van der Waals surface area contributed by atoms with Crippen LogP contribution in [0.4, 0.5) is 5.13 Å². The van der Waals surface area contributed by atoms with Crippen molar-refractivity contribution >= 4 is 32.6 Å². The summed E-state index contributed by atoms with van der Waals surface area (Å²) in [5.74, 6) is 1.93. The highest BCUT2D eigenvalue weighted by Crippen LogP contribution is 2.40. The van der Waals surface area contributed by atoms with Gasteiger partial charge in [-0.3, -0.25) is 9.69 Å². The van der Waals surface area contributed by atoms with E-state index in [0.29, 0.717) is 53.2 Å². The van der Waals surface area contributed by atoms with Crippen LogP contribution >= 0.6 is 11.3 Å². The van der Waals surface area contributed by atoms with E-state index in [0.717, 1.165) is 17.5 Å². The van der Waals surface area contributed by atoms with Crippen molar-refractivity contribution in [1.82, 2.24) is 9.88 Å². The lowest BCUT2D eigenvalue weighted by Crippen LogP contribution is -2.36.